The second kappa shape index (κ2) is 6.94. The van der Waals surface area contributed by atoms with Crippen LogP contribution in [-0.2, 0) is 10.1 Å². The maximum Gasteiger partial charge on any atom is 1.00 e. The predicted octanol–water partition coefficient (Wildman–Crippen LogP) is -2.75. The SMILES string of the molecule is O=S(=O)([O-])CCCCS.[Na+]. The van der Waals surface area contributed by atoms with Crippen molar-refractivity contribution in [3.8, 4) is 0 Å². The van der Waals surface area contributed by atoms with E-state index in [0.29, 0.717) is 18.6 Å². The average Bonchev–Trinajstić information content (AvgIpc) is 1.63. The minimum absolute atomic E-state index is 0. The molecule has 0 saturated heterocycles. The van der Waals surface area contributed by atoms with Crippen molar-refractivity contribution in [3.05, 3.63) is 0 Å². The Kier molecular flexibility index (Phi) is 9.59. The molecule has 0 bridgehead atoms. The van der Waals surface area contributed by atoms with Crippen molar-refractivity contribution in [3.63, 3.8) is 0 Å². The summed E-state index contributed by atoms with van der Waals surface area (Å²) < 4.78 is 29.8. The summed E-state index contributed by atoms with van der Waals surface area (Å²) in [5.41, 5.74) is 0. The molecule has 0 unspecified atom stereocenters. The van der Waals surface area contributed by atoms with E-state index in [2.05, 4.69) is 12.6 Å². The van der Waals surface area contributed by atoms with Crippen LogP contribution in [0.2, 0.25) is 0 Å². The molecule has 0 fully saturated rings. The van der Waals surface area contributed by atoms with Crippen LogP contribution in [0.1, 0.15) is 12.8 Å². The van der Waals surface area contributed by atoms with E-state index in [1.807, 2.05) is 0 Å². The van der Waals surface area contributed by atoms with Gasteiger partial charge >= 0.3 is 29.6 Å². The second-order valence-electron chi connectivity index (χ2n) is 1.69. The number of hydrogen-bond donors (Lipinski definition) is 1. The molecule has 0 aromatic heterocycles. The van der Waals surface area contributed by atoms with Gasteiger partial charge in [-0.2, -0.15) is 12.6 Å². The number of unbranched alkanes of at least 4 members (excludes halogenated alkanes) is 1. The second-order valence-corrected chi connectivity index (χ2v) is 3.66. The molecular weight excluding hydrogens is 183 g/mol. The van der Waals surface area contributed by atoms with E-state index in [9.17, 15) is 13.0 Å². The van der Waals surface area contributed by atoms with Crippen molar-refractivity contribution in [1.29, 1.82) is 0 Å². The van der Waals surface area contributed by atoms with Gasteiger partial charge in [0.15, 0.2) is 0 Å². The van der Waals surface area contributed by atoms with Crippen molar-refractivity contribution in [1.82, 2.24) is 0 Å². The third-order valence-corrected chi connectivity index (χ3v) is 1.91. The van der Waals surface area contributed by atoms with Crippen molar-refractivity contribution in [2.75, 3.05) is 11.5 Å². The maximum atomic E-state index is 9.93. The molecule has 6 heteroatoms. The van der Waals surface area contributed by atoms with E-state index >= 15 is 0 Å². The van der Waals surface area contributed by atoms with Crippen LogP contribution in [-0.4, -0.2) is 24.5 Å². The van der Waals surface area contributed by atoms with Gasteiger partial charge in [0.25, 0.3) is 0 Å². The average molecular weight is 192 g/mol. The molecule has 3 nitrogen and oxygen atoms in total. The minimum atomic E-state index is -3.98. The van der Waals surface area contributed by atoms with Gasteiger partial charge in [0.1, 0.15) is 0 Å². The Labute approximate surface area is 89.0 Å². The van der Waals surface area contributed by atoms with E-state index in [1.54, 1.807) is 0 Å². The first kappa shape index (κ1) is 13.8. The van der Waals surface area contributed by atoms with Gasteiger partial charge in [-0.3, -0.25) is 0 Å². The fraction of sp³-hybridized carbons (Fsp3) is 1.00. The van der Waals surface area contributed by atoms with E-state index < -0.39 is 10.1 Å². The Morgan fingerprint density at radius 3 is 2.10 bits per heavy atom. The third kappa shape index (κ3) is 12.0. The summed E-state index contributed by atoms with van der Waals surface area (Å²) in [5, 5.41) is 0. The van der Waals surface area contributed by atoms with Gasteiger partial charge in [0.05, 0.1) is 10.1 Å². The van der Waals surface area contributed by atoms with Crippen molar-refractivity contribution in [2.24, 2.45) is 0 Å². The molecule has 0 aliphatic rings. The van der Waals surface area contributed by atoms with Gasteiger partial charge in [0.2, 0.25) is 0 Å². The van der Waals surface area contributed by atoms with Crippen LogP contribution < -0.4 is 29.6 Å². The Hall–Kier alpha value is 1.26. The van der Waals surface area contributed by atoms with Crippen molar-refractivity contribution >= 4 is 22.7 Å². The van der Waals surface area contributed by atoms with E-state index in [1.165, 1.54) is 0 Å². The Morgan fingerprint density at radius 1 is 1.30 bits per heavy atom. The number of thiol groups is 1. The number of hydrogen-bond acceptors (Lipinski definition) is 4. The molecule has 0 heterocycles. The first-order valence-electron chi connectivity index (χ1n) is 2.60. The van der Waals surface area contributed by atoms with Crippen LogP contribution in [0.15, 0.2) is 0 Å². The fourth-order valence-electron chi connectivity index (χ4n) is 0.391. The van der Waals surface area contributed by atoms with Crippen molar-refractivity contribution < 1.29 is 42.5 Å². The standard InChI is InChI=1S/C4H10O3S2.Na/c5-9(6,7)4-2-1-3-8;/h8H,1-4H2,(H,5,6,7);/q;+1/p-1. The molecular formula is C4H9NaO3S2. The minimum Gasteiger partial charge on any atom is -0.748 e. The van der Waals surface area contributed by atoms with E-state index in [4.69, 9.17) is 0 Å². The normalized spacial score (nSPS) is 10.6. The molecule has 0 aromatic rings. The largest absolute Gasteiger partial charge is 1.00 e. The molecule has 0 aliphatic carbocycles. The summed E-state index contributed by atoms with van der Waals surface area (Å²) in [6.45, 7) is 0. The summed E-state index contributed by atoms with van der Waals surface area (Å²) >= 11 is 3.85. The summed E-state index contributed by atoms with van der Waals surface area (Å²) in [6, 6.07) is 0. The van der Waals surface area contributed by atoms with Crippen LogP contribution in [0.25, 0.3) is 0 Å². The molecule has 56 valence electrons. The molecule has 0 atom stereocenters. The number of rotatable bonds is 4. The topological polar surface area (TPSA) is 57.2 Å². The molecule has 0 saturated carbocycles. The van der Waals surface area contributed by atoms with Crippen LogP contribution in [0, 0.1) is 0 Å². The monoisotopic (exact) mass is 192 g/mol. The fourth-order valence-corrected chi connectivity index (χ4v) is 1.17. The zero-order valence-electron chi connectivity index (χ0n) is 5.91. The summed E-state index contributed by atoms with van der Waals surface area (Å²) in [4.78, 5) is 0. The molecule has 0 radical (unpaired) electrons. The van der Waals surface area contributed by atoms with Gasteiger partial charge in [-0.1, -0.05) is 0 Å². The van der Waals surface area contributed by atoms with Gasteiger partial charge in [-0.25, -0.2) is 8.42 Å². The molecule has 0 N–H and O–H groups in total. The molecule has 0 aromatic carbocycles. The van der Waals surface area contributed by atoms with Gasteiger partial charge in [0, 0.05) is 5.75 Å². The quantitative estimate of drug-likeness (QED) is 0.227. The smallest absolute Gasteiger partial charge is 0.748 e. The van der Waals surface area contributed by atoms with Gasteiger partial charge < -0.3 is 4.55 Å². The van der Waals surface area contributed by atoms with Crippen LogP contribution in [0.5, 0.6) is 0 Å². The molecule has 0 spiro atoms. The van der Waals surface area contributed by atoms with E-state index in [-0.39, 0.29) is 35.3 Å². The molecule has 0 amide bonds. The summed E-state index contributed by atoms with van der Waals surface area (Å²) in [5.74, 6) is 0.378. The predicted molar refractivity (Wildman–Crippen MR) is 37.7 cm³/mol. The maximum absolute atomic E-state index is 9.93. The summed E-state index contributed by atoms with van der Waals surface area (Å²) in [6.07, 6.45) is 1.11. The molecule has 0 rings (SSSR count). The Balaban J connectivity index is 0. The zero-order valence-corrected chi connectivity index (χ0v) is 9.62. The van der Waals surface area contributed by atoms with Crippen LogP contribution in [0.3, 0.4) is 0 Å². The first-order chi connectivity index (χ1) is 4.06. The van der Waals surface area contributed by atoms with Crippen molar-refractivity contribution in [2.45, 2.75) is 12.8 Å². The zero-order chi connectivity index (χ0) is 7.33. The molecule has 10 heavy (non-hydrogen) atoms. The molecule has 0 aliphatic heterocycles. The van der Waals surface area contributed by atoms with Crippen LogP contribution >= 0.6 is 12.6 Å². The Morgan fingerprint density at radius 2 is 1.80 bits per heavy atom. The first-order valence-corrected chi connectivity index (χ1v) is 4.81. The van der Waals surface area contributed by atoms with Gasteiger partial charge in [-0.15, -0.1) is 0 Å². The Bertz CT molecular complexity index is 154. The third-order valence-electron chi connectivity index (χ3n) is 0.802. The van der Waals surface area contributed by atoms with Gasteiger partial charge in [-0.05, 0) is 18.6 Å². The summed E-state index contributed by atoms with van der Waals surface area (Å²) in [7, 11) is -3.98. The van der Waals surface area contributed by atoms with E-state index in [0.717, 1.165) is 0 Å². The van der Waals surface area contributed by atoms with Crippen LogP contribution in [0.4, 0.5) is 0 Å².